The number of anilines is 1. The first kappa shape index (κ1) is 21.5. The fraction of sp³-hybridized carbons (Fsp3) is 0.286. The average molecular weight is 426 g/mol. The number of rotatable bonds is 8. The number of nitro groups is 1. The Hall–Kier alpha value is -3.20. The van der Waals surface area contributed by atoms with E-state index in [4.69, 9.17) is 0 Å². The number of aromatic nitrogens is 3. The van der Waals surface area contributed by atoms with E-state index in [1.807, 2.05) is 35.8 Å². The average Bonchev–Trinajstić information content (AvgIpc) is 3.15. The lowest BCUT2D eigenvalue weighted by atomic mass is 10.0. The fourth-order valence-electron chi connectivity index (χ4n) is 3.08. The van der Waals surface area contributed by atoms with Crippen LogP contribution in [-0.4, -0.2) is 31.3 Å². The van der Waals surface area contributed by atoms with Gasteiger partial charge in [-0.2, -0.15) is 0 Å². The standard InChI is InChI=1S/C21H23N5O3S/c1-4-25-20(15-8-7-9-16(12-15)26(28)29)23-24-21(25)30-13-19(27)22-18-11-6-5-10-17(18)14(2)3/h5-12,14H,4,13H2,1-3H3,(H,22,27). The van der Waals surface area contributed by atoms with Gasteiger partial charge in [-0.3, -0.25) is 14.9 Å². The highest BCUT2D eigenvalue weighted by molar-refractivity contribution is 7.99. The van der Waals surface area contributed by atoms with Gasteiger partial charge in [-0.05, 0) is 24.5 Å². The van der Waals surface area contributed by atoms with E-state index in [9.17, 15) is 14.9 Å². The van der Waals surface area contributed by atoms with Gasteiger partial charge in [-0.15, -0.1) is 10.2 Å². The number of carbonyl (C=O) groups excluding carboxylic acids is 1. The van der Waals surface area contributed by atoms with E-state index in [2.05, 4.69) is 29.4 Å². The number of hydrogen-bond donors (Lipinski definition) is 1. The predicted molar refractivity (Wildman–Crippen MR) is 118 cm³/mol. The Labute approximate surface area is 178 Å². The Morgan fingerprint density at radius 2 is 1.97 bits per heavy atom. The van der Waals surface area contributed by atoms with Crippen molar-refractivity contribution in [1.29, 1.82) is 0 Å². The van der Waals surface area contributed by atoms with Crippen molar-refractivity contribution in [2.24, 2.45) is 0 Å². The number of nitrogens with zero attached hydrogens (tertiary/aromatic N) is 4. The van der Waals surface area contributed by atoms with Crippen molar-refractivity contribution in [3.8, 4) is 11.4 Å². The summed E-state index contributed by atoms with van der Waals surface area (Å²) < 4.78 is 1.85. The van der Waals surface area contributed by atoms with Crippen LogP contribution in [0.2, 0.25) is 0 Å². The topological polar surface area (TPSA) is 103 Å². The minimum Gasteiger partial charge on any atom is -0.325 e. The summed E-state index contributed by atoms with van der Waals surface area (Å²) in [5, 5.41) is 23.0. The molecule has 1 N–H and O–H groups in total. The molecule has 0 spiro atoms. The van der Waals surface area contributed by atoms with Gasteiger partial charge < -0.3 is 9.88 Å². The smallest absolute Gasteiger partial charge is 0.270 e. The van der Waals surface area contributed by atoms with Crippen LogP contribution in [0.5, 0.6) is 0 Å². The molecule has 2 aromatic carbocycles. The highest BCUT2D eigenvalue weighted by atomic mass is 32.2. The van der Waals surface area contributed by atoms with Crippen LogP contribution in [0.15, 0.2) is 53.7 Å². The maximum atomic E-state index is 12.5. The fourth-order valence-corrected chi connectivity index (χ4v) is 3.89. The molecule has 0 aliphatic rings. The molecule has 0 bridgehead atoms. The van der Waals surface area contributed by atoms with Crippen LogP contribution in [-0.2, 0) is 11.3 Å². The van der Waals surface area contributed by atoms with Crippen molar-refractivity contribution in [3.05, 3.63) is 64.2 Å². The van der Waals surface area contributed by atoms with Gasteiger partial charge in [0.05, 0.1) is 10.7 Å². The Morgan fingerprint density at radius 1 is 1.20 bits per heavy atom. The van der Waals surface area contributed by atoms with Crippen LogP contribution in [0.3, 0.4) is 0 Å². The summed E-state index contributed by atoms with van der Waals surface area (Å²) in [6.45, 7) is 6.68. The third kappa shape index (κ3) is 4.85. The minimum absolute atomic E-state index is 0.00412. The van der Waals surface area contributed by atoms with Crippen LogP contribution < -0.4 is 5.32 Å². The number of carbonyl (C=O) groups is 1. The summed E-state index contributed by atoms with van der Waals surface area (Å²) >= 11 is 1.28. The number of benzene rings is 2. The van der Waals surface area contributed by atoms with Gasteiger partial charge in [-0.25, -0.2) is 0 Å². The van der Waals surface area contributed by atoms with Crippen LogP contribution in [0.1, 0.15) is 32.3 Å². The summed E-state index contributed by atoms with van der Waals surface area (Å²) in [6, 6.07) is 14.0. The zero-order valence-electron chi connectivity index (χ0n) is 17.0. The van der Waals surface area contributed by atoms with Crippen LogP contribution in [0.4, 0.5) is 11.4 Å². The van der Waals surface area contributed by atoms with E-state index < -0.39 is 4.92 Å². The van der Waals surface area contributed by atoms with Crippen molar-refractivity contribution in [2.45, 2.75) is 38.4 Å². The number of hydrogen-bond acceptors (Lipinski definition) is 6. The number of thioether (sulfide) groups is 1. The molecule has 8 nitrogen and oxygen atoms in total. The van der Waals surface area contributed by atoms with E-state index in [1.165, 1.54) is 23.9 Å². The Morgan fingerprint density at radius 3 is 2.67 bits per heavy atom. The van der Waals surface area contributed by atoms with E-state index in [1.54, 1.807) is 12.1 Å². The molecule has 156 valence electrons. The summed E-state index contributed by atoms with van der Waals surface area (Å²) in [6.07, 6.45) is 0. The van der Waals surface area contributed by atoms with Crippen molar-refractivity contribution in [2.75, 3.05) is 11.1 Å². The summed E-state index contributed by atoms with van der Waals surface area (Å²) in [7, 11) is 0. The normalized spacial score (nSPS) is 10.9. The van der Waals surface area contributed by atoms with Gasteiger partial charge >= 0.3 is 0 Å². The van der Waals surface area contributed by atoms with Gasteiger partial charge in [0.15, 0.2) is 11.0 Å². The van der Waals surface area contributed by atoms with E-state index in [0.29, 0.717) is 29.0 Å². The molecule has 1 heterocycles. The highest BCUT2D eigenvalue weighted by Crippen LogP contribution is 2.27. The lowest BCUT2D eigenvalue weighted by Gasteiger charge is -2.13. The Balaban J connectivity index is 1.73. The quantitative estimate of drug-likeness (QED) is 0.318. The number of nitrogens with one attached hydrogen (secondary N) is 1. The molecule has 0 saturated heterocycles. The van der Waals surface area contributed by atoms with E-state index in [-0.39, 0.29) is 17.3 Å². The number of non-ortho nitro benzene ring substituents is 1. The van der Waals surface area contributed by atoms with Crippen LogP contribution in [0.25, 0.3) is 11.4 Å². The van der Waals surface area contributed by atoms with Crippen molar-refractivity contribution in [3.63, 3.8) is 0 Å². The first-order valence-corrected chi connectivity index (χ1v) is 10.6. The molecule has 0 fully saturated rings. The molecule has 9 heteroatoms. The van der Waals surface area contributed by atoms with Gasteiger partial charge in [0, 0.05) is 29.9 Å². The molecule has 0 radical (unpaired) electrons. The third-order valence-electron chi connectivity index (χ3n) is 4.54. The zero-order valence-corrected chi connectivity index (χ0v) is 17.8. The number of amides is 1. The van der Waals surface area contributed by atoms with Gasteiger partial charge in [0.25, 0.3) is 5.69 Å². The maximum Gasteiger partial charge on any atom is 0.270 e. The lowest BCUT2D eigenvalue weighted by molar-refractivity contribution is -0.384. The number of para-hydroxylation sites is 1. The zero-order chi connectivity index (χ0) is 21.7. The highest BCUT2D eigenvalue weighted by Gasteiger charge is 2.17. The third-order valence-corrected chi connectivity index (χ3v) is 5.50. The molecular formula is C21H23N5O3S. The summed E-state index contributed by atoms with van der Waals surface area (Å²) in [5.41, 5.74) is 2.50. The van der Waals surface area contributed by atoms with E-state index in [0.717, 1.165) is 11.3 Å². The molecule has 1 aromatic heterocycles. The van der Waals surface area contributed by atoms with Gasteiger partial charge in [0.1, 0.15) is 0 Å². The van der Waals surface area contributed by atoms with Gasteiger partial charge in [0.2, 0.25) is 5.91 Å². The molecule has 0 atom stereocenters. The van der Waals surface area contributed by atoms with Crippen molar-refractivity contribution in [1.82, 2.24) is 14.8 Å². The predicted octanol–water partition coefficient (Wildman–Crippen LogP) is 4.73. The molecule has 0 aliphatic carbocycles. The molecule has 0 aliphatic heterocycles. The Bertz CT molecular complexity index is 1060. The minimum atomic E-state index is -0.439. The first-order valence-electron chi connectivity index (χ1n) is 9.60. The molecule has 1 amide bonds. The second-order valence-corrected chi connectivity index (χ2v) is 7.88. The summed E-state index contributed by atoms with van der Waals surface area (Å²) in [4.78, 5) is 23.1. The van der Waals surface area contributed by atoms with Crippen LogP contribution in [0, 0.1) is 10.1 Å². The molecule has 3 rings (SSSR count). The first-order chi connectivity index (χ1) is 14.4. The molecule has 0 unspecified atom stereocenters. The van der Waals surface area contributed by atoms with Gasteiger partial charge in [-0.1, -0.05) is 55.9 Å². The van der Waals surface area contributed by atoms with Crippen molar-refractivity contribution >= 4 is 29.0 Å². The SMILES string of the molecule is CCn1c(SCC(=O)Nc2ccccc2C(C)C)nnc1-c1cccc([N+](=O)[O-])c1. The van der Waals surface area contributed by atoms with Crippen LogP contribution >= 0.6 is 11.8 Å². The second-order valence-electron chi connectivity index (χ2n) is 6.94. The largest absolute Gasteiger partial charge is 0.325 e. The van der Waals surface area contributed by atoms with Crippen molar-refractivity contribution < 1.29 is 9.72 Å². The monoisotopic (exact) mass is 425 g/mol. The molecule has 0 saturated carbocycles. The molecule has 30 heavy (non-hydrogen) atoms. The Kier molecular flexibility index (Phi) is 6.83. The van der Waals surface area contributed by atoms with E-state index >= 15 is 0 Å². The lowest BCUT2D eigenvalue weighted by Crippen LogP contribution is -2.16. The maximum absolute atomic E-state index is 12.5. The molecular weight excluding hydrogens is 402 g/mol. The number of nitro benzene ring substituents is 1. The molecule has 3 aromatic rings. The second kappa shape index (κ2) is 9.53. The summed E-state index contributed by atoms with van der Waals surface area (Å²) in [5.74, 6) is 0.888.